The van der Waals surface area contributed by atoms with E-state index >= 15 is 0 Å². The summed E-state index contributed by atoms with van der Waals surface area (Å²) in [6.07, 6.45) is 4.01. The fourth-order valence-electron chi connectivity index (χ4n) is 1.98. The van der Waals surface area contributed by atoms with Crippen molar-refractivity contribution in [1.29, 1.82) is 0 Å². The lowest BCUT2D eigenvalue weighted by Gasteiger charge is -2.13. The molecule has 1 heterocycles. The molecular weight excluding hydrogens is 268 g/mol. The smallest absolute Gasteiger partial charge is 0.0766 e. The van der Waals surface area contributed by atoms with E-state index in [0.717, 1.165) is 35.8 Å². The van der Waals surface area contributed by atoms with E-state index in [2.05, 4.69) is 34.9 Å². The minimum absolute atomic E-state index is 0.257. The molecule has 92 valence electrons. The maximum absolute atomic E-state index is 9.32. The summed E-state index contributed by atoms with van der Waals surface area (Å²) < 4.78 is 3.05. The van der Waals surface area contributed by atoms with Crippen molar-refractivity contribution in [3.8, 4) is 0 Å². The average molecular weight is 289 g/mol. The number of rotatable bonds is 6. The van der Waals surface area contributed by atoms with Crippen molar-refractivity contribution in [2.75, 3.05) is 6.61 Å². The molecular formula is C12H21BrN2O. The number of hydrogen-bond donors (Lipinski definition) is 1. The monoisotopic (exact) mass is 288 g/mol. The highest BCUT2D eigenvalue weighted by Crippen LogP contribution is 2.25. The van der Waals surface area contributed by atoms with Crippen LogP contribution < -0.4 is 0 Å². The molecule has 4 heteroatoms. The summed E-state index contributed by atoms with van der Waals surface area (Å²) >= 11 is 3.61. The molecule has 0 saturated heterocycles. The van der Waals surface area contributed by atoms with E-state index < -0.39 is 0 Å². The van der Waals surface area contributed by atoms with Gasteiger partial charge >= 0.3 is 0 Å². The predicted octanol–water partition coefficient (Wildman–Crippen LogP) is 2.70. The summed E-state index contributed by atoms with van der Waals surface area (Å²) in [4.78, 5) is 0. The second-order valence-electron chi connectivity index (χ2n) is 4.23. The quantitative estimate of drug-likeness (QED) is 0.874. The molecule has 0 aliphatic carbocycles. The molecule has 0 aliphatic heterocycles. The van der Waals surface area contributed by atoms with E-state index in [1.165, 1.54) is 5.69 Å². The van der Waals surface area contributed by atoms with Crippen molar-refractivity contribution in [3.63, 3.8) is 0 Å². The first-order chi connectivity index (χ1) is 7.63. The van der Waals surface area contributed by atoms with Gasteiger partial charge in [0.25, 0.3) is 0 Å². The number of aromatic nitrogens is 2. The Morgan fingerprint density at radius 2 is 2.12 bits per heavy atom. The van der Waals surface area contributed by atoms with Crippen LogP contribution in [-0.2, 0) is 19.9 Å². The normalized spacial score (nSPS) is 13.1. The van der Waals surface area contributed by atoms with Gasteiger partial charge in [0.15, 0.2) is 0 Å². The summed E-state index contributed by atoms with van der Waals surface area (Å²) in [5.41, 5.74) is 2.30. The Balaban J connectivity index is 2.82. The van der Waals surface area contributed by atoms with Crippen molar-refractivity contribution in [3.05, 3.63) is 15.9 Å². The van der Waals surface area contributed by atoms with Crippen molar-refractivity contribution in [1.82, 2.24) is 9.78 Å². The predicted molar refractivity (Wildman–Crippen MR) is 69.5 cm³/mol. The van der Waals surface area contributed by atoms with Crippen LogP contribution in [-0.4, -0.2) is 21.5 Å². The van der Waals surface area contributed by atoms with Gasteiger partial charge in [-0.15, -0.1) is 0 Å². The first-order valence-corrected chi connectivity index (χ1v) is 6.74. The molecule has 0 fully saturated rings. The van der Waals surface area contributed by atoms with Crippen LogP contribution in [0.3, 0.4) is 0 Å². The third-order valence-electron chi connectivity index (χ3n) is 2.94. The van der Waals surface area contributed by atoms with Crippen LogP contribution >= 0.6 is 15.9 Å². The highest BCUT2D eigenvalue weighted by Gasteiger charge is 2.16. The molecule has 1 atom stereocenters. The fourth-order valence-corrected chi connectivity index (χ4v) is 2.76. The van der Waals surface area contributed by atoms with Gasteiger partial charge < -0.3 is 5.11 Å². The number of aryl methyl sites for hydroxylation is 2. The van der Waals surface area contributed by atoms with Crippen LogP contribution in [0.5, 0.6) is 0 Å². The number of halogens is 1. The molecule has 1 aromatic heterocycles. The molecule has 1 unspecified atom stereocenters. The van der Waals surface area contributed by atoms with Crippen molar-refractivity contribution < 1.29 is 5.11 Å². The molecule has 0 amide bonds. The molecule has 0 aromatic carbocycles. The lowest BCUT2D eigenvalue weighted by Crippen LogP contribution is -2.12. The summed E-state index contributed by atoms with van der Waals surface area (Å²) in [7, 11) is 1.97. The van der Waals surface area contributed by atoms with Gasteiger partial charge in [0.05, 0.1) is 15.9 Å². The van der Waals surface area contributed by atoms with Gasteiger partial charge in [-0.25, -0.2) is 0 Å². The molecule has 0 bridgehead atoms. The Bertz CT molecular complexity index is 336. The molecule has 1 rings (SSSR count). The van der Waals surface area contributed by atoms with Crippen LogP contribution in [0.15, 0.2) is 4.47 Å². The fraction of sp³-hybridized carbons (Fsp3) is 0.750. The van der Waals surface area contributed by atoms with Crippen molar-refractivity contribution in [2.45, 2.75) is 39.5 Å². The van der Waals surface area contributed by atoms with Crippen LogP contribution in [0.4, 0.5) is 0 Å². The van der Waals surface area contributed by atoms with E-state index in [0.29, 0.717) is 5.92 Å². The van der Waals surface area contributed by atoms with Gasteiger partial charge in [0.1, 0.15) is 0 Å². The molecule has 0 spiro atoms. The summed E-state index contributed by atoms with van der Waals surface area (Å²) in [6, 6.07) is 0. The summed E-state index contributed by atoms with van der Waals surface area (Å²) in [6.45, 7) is 4.51. The van der Waals surface area contributed by atoms with Gasteiger partial charge in [-0.05, 0) is 41.1 Å². The maximum atomic E-state index is 9.32. The first kappa shape index (κ1) is 13.7. The Hall–Kier alpha value is -0.350. The maximum Gasteiger partial charge on any atom is 0.0766 e. The topological polar surface area (TPSA) is 38.1 Å². The van der Waals surface area contributed by atoms with Crippen LogP contribution in [0, 0.1) is 5.92 Å². The van der Waals surface area contributed by atoms with Crippen LogP contribution in [0.2, 0.25) is 0 Å². The second kappa shape index (κ2) is 6.40. The van der Waals surface area contributed by atoms with E-state index in [1.54, 1.807) is 0 Å². The van der Waals surface area contributed by atoms with Gasteiger partial charge in [0, 0.05) is 13.7 Å². The van der Waals surface area contributed by atoms with E-state index in [1.807, 2.05) is 11.7 Å². The zero-order chi connectivity index (χ0) is 12.1. The molecule has 0 radical (unpaired) electrons. The van der Waals surface area contributed by atoms with Gasteiger partial charge in [-0.3, -0.25) is 4.68 Å². The molecule has 16 heavy (non-hydrogen) atoms. The van der Waals surface area contributed by atoms with Crippen LogP contribution in [0.25, 0.3) is 0 Å². The van der Waals surface area contributed by atoms with Crippen molar-refractivity contribution >= 4 is 15.9 Å². The molecule has 0 saturated carbocycles. The SMILES string of the molecule is CCCC(CO)Cc1c(Br)c(CC)nn1C. The molecule has 3 nitrogen and oxygen atoms in total. The largest absolute Gasteiger partial charge is 0.396 e. The Labute approximate surface area is 106 Å². The van der Waals surface area contributed by atoms with Gasteiger partial charge in [-0.2, -0.15) is 5.10 Å². The van der Waals surface area contributed by atoms with Gasteiger partial charge in [-0.1, -0.05) is 20.3 Å². The minimum atomic E-state index is 0.257. The summed E-state index contributed by atoms with van der Waals surface area (Å²) in [5.74, 6) is 0.349. The Kier molecular flexibility index (Phi) is 5.49. The standard InChI is InChI=1S/C12H21BrN2O/c1-4-6-9(8-16)7-11-12(13)10(5-2)14-15(11)3/h9,16H,4-8H2,1-3H3. The first-order valence-electron chi connectivity index (χ1n) is 5.95. The van der Waals surface area contributed by atoms with Gasteiger partial charge in [0.2, 0.25) is 0 Å². The second-order valence-corrected chi connectivity index (χ2v) is 5.02. The zero-order valence-electron chi connectivity index (χ0n) is 10.3. The summed E-state index contributed by atoms with van der Waals surface area (Å²) in [5, 5.41) is 13.8. The number of aliphatic hydroxyl groups excluding tert-OH is 1. The third kappa shape index (κ3) is 3.08. The van der Waals surface area contributed by atoms with Crippen LogP contribution in [0.1, 0.15) is 38.1 Å². The highest BCUT2D eigenvalue weighted by molar-refractivity contribution is 9.10. The lowest BCUT2D eigenvalue weighted by atomic mass is 9.99. The third-order valence-corrected chi connectivity index (χ3v) is 3.86. The van der Waals surface area contributed by atoms with E-state index in [9.17, 15) is 5.11 Å². The number of aliphatic hydroxyl groups is 1. The average Bonchev–Trinajstić information content (AvgIpc) is 2.55. The Morgan fingerprint density at radius 1 is 1.44 bits per heavy atom. The molecule has 0 aliphatic rings. The molecule has 1 aromatic rings. The van der Waals surface area contributed by atoms with E-state index in [4.69, 9.17) is 0 Å². The Morgan fingerprint density at radius 3 is 2.56 bits per heavy atom. The zero-order valence-corrected chi connectivity index (χ0v) is 11.9. The number of nitrogens with zero attached hydrogens (tertiary/aromatic N) is 2. The minimum Gasteiger partial charge on any atom is -0.396 e. The molecule has 1 N–H and O–H groups in total. The van der Waals surface area contributed by atoms with E-state index in [-0.39, 0.29) is 6.61 Å². The number of hydrogen-bond acceptors (Lipinski definition) is 2. The lowest BCUT2D eigenvalue weighted by molar-refractivity contribution is 0.215. The highest BCUT2D eigenvalue weighted by atomic mass is 79.9. The van der Waals surface area contributed by atoms with Crippen molar-refractivity contribution in [2.24, 2.45) is 13.0 Å².